The van der Waals surface area contributed by atoms with Crippen LogP contribution in [0.3, 0.4) is 0 Å². The lowest BCUT2D eigenvalue weighted by molar-refractivity contribution is -0.140. The molecule has 2 amide bonds. The van der Waals surface area contributed by atoms with Crippen molar-refractivity contribution in [2.24, 2.45) is 16.8 Å². The highest BCUT2D eigenvalue weighted by molar-refractivity contribution is 6.17. The number of hydrogen-bond donors (Lipinski definition) is 1. The van der Waals surface area contributed by atoms with Crippen LogP contribution in [-0.4, -0.2) is 101 Å². The molecule has 2 aromatic carbocycles. The predicted molar refractivity (Wildman–Crippen MR) is 153 cm³/mol. The third-order valence-corrected chi connectivity index (χ3v) is 9.07. The molecule has 1 aromatic heterocycles. The molecule has 9 heteroatoms. The molecule has 4 aliphatic rings. The highest BCUT2D eigenvalue weighted by Gasteiger charge is 2.51. The maximum atomic E-state index is 14.3. The molecule has 3 aliphatic heterocycles. The average molecular weight is 541 g/mol. The molecule has 7 rings (SSSR count). The average Bonchev–Trinajstić information content (AvgIpc) is 3.65. The van der Waals surface area contributed by atoms with E-state index in [9.17, 15) is 9.59 Å². The summed E-state index contributed by atoms with van der Waals surface area (Å²) in [5.41, 5.74) is 3.36. The van der Waals surface area contributed by atoms with Gasteiger partial charge >= 0.3 is 0 Å². The number of ether oxygens (including phenoxy) is 1. The van der Waals surface area contributed by atoms with Crippen LogP contribution in [0.5, 0.6) is 0 Å². The minimum Gasteiger partial charge on any atom is -0.383 e. The molecule has 0 atom stereocenters. The normalized spacial score (nSPS) is 21.3. The fourth-order valence-electron chi connectivity index (χ4n) is 6.48. The Hall–Kier alpha value is -3.56. The maximum Gasteiger partial charge on any atom is 0.256 e. The predicted octanol–water partition coefficient (Wildman–Crippen LogP) is 3.17. The highest BCUT2D eigenvalue weighted by Crippen LogP contribution is 2.39. The molecule has 1 saturated carbocycles. The molecule has 1 N–H and O–H groups in total. The molecule has 0 bridgehead atoms. The van der Waals surface area contributed by atoms with Crippen LogP contribution in [-0.2, 0) is 14.3 Å². The zero-order chi connectivity index (χ0) is 27.3. The van der Waals surface area contributed by atoms with E-state index in [0.29, 0.717) is 26.0 Å². The molecule has 1 aliphatic carbocycles. The molecule has 0 unspecified atom stereocenters. The second-order valence-electron chi connectivity index (χ2n) is 11.8. The number of rotatable bonds is 8. The maximum absolute atomic E-state index is 14.3. The molecule has 4 heterocycles. The van der Waals surface area contributed by atoms with Gasteiger partial charge in [0.2, 0.25) is 5.91 Å². The number of nitrogens with zero attached hydrogens (tertiary/aromatic N) is 5. The van der Waals surface area contributed by atoms with Crippen molar-refractivity contribution >= 4 is 28.6 Å². The summed E-state index contributed by atoms with van der Waals surface area (Å²) in [5, 5.41) is 8.25. The largest absolute Gasteiger partial charge is 0.383 e. The number of carbonyl (C=O) groups excluding carboxylic acids is 2. The van der Waals surface area contributed by atoms with Crippen LogP contribution in [0.2, 0.25) is 0 Å². The summed E-state index contributed by atoms with van der Waals surface area (Å²) in [4.78, 5) is 38.4. The summed E-state index contributed by atoms with van der Waals surface area (Å²) in [6, 6.07) is 14.5. The van der Waals surface area contributed by atoms with Crippen LogP contribution in [0.25, 0.3) is 22.0 Å². The van der Waals surface area contributed by atoms with E-state index in [1.54, 1.807) is 7.11 Å². The van der Waals surface area contributed by atoms with Gasteiger partial charge in [-0.2, -0.15) is 5.10 Å². The van der Waals surface area contributed by atoms with E-state index in [0.717, 1.165) is 79.0 Å². The lowest BCUT2D eigenvalue weighted by Crippen LogP contribution is -2.57. The number of nitrogens with one attached hydrogen (secondary N) is 1. The molecule has 3 fully saturated rings. The van der Waals surface area contributed by atoms with Gasteiger partial charge in [0, 0.05) is 69.2 Å². The number of likely N-dealkylation sites (tertiary alicyclic amines) is 2. The van der Waals surface area contributed by atoms with Crippen molar-refractivity contribution in [1.29, 1.82) is 0 Å². The number of amides is 2. The fourth-order valence-corrected chi connectivity index (χ4v) is 6.48. The summed E-state index contributed by atoms with van der Waals surface area (Å²) in [5.74, 6) is 1.67. The van der Waals surface area contributed by atoms with Crippen molar-refractivity contribution in [3.63, 3.8) is 0 Å². The van der Waals surface area contributed by atoms with E-state index >= 15 is 0 Å². The Kier molecular flexibility index (Phi) is 6.43. The monoisotopic (exact) mass is 540 g/mol. The van der Waals surface area contributed by atoms with Gasteiger partial charge < -0.3 is 14.5 Å². The van der Waals surface area contributed by atoms with Gasteiger partial charge in [0.1, 0.15) is 11.4 Å². The third kappa shape index (κ3) is 4.51. The van der Waals surface area contributed by atoms with E-state index in [1.165, 1.54) is 0 Å². The summed E-state index contributed by atoms with van der Waals surface area (Å²) in [7, 11) is 1.72. The topological polar surface area (TPSA) is 94.1 Å². The summed E-state index contributed by atoms with van der Waals surface area (Å²) in [6.07, 6.45) is 5.28. The van der Waals surface area contributed by atoms with E-state index in [1.807, 2.05) is 34.2 Å². The first-order chi connectivity index (χ1) is 19.5. The smallest absolute Gasteiger partial charge is 0.256 e. The number of amidine groups is 1. The third-order valence-electron chi connectivity index (χ3n) is 9.07. The van der Waals surface area contributed by atoms with Crippen molar-refractivity contribution in [2.75, 3.05) is 53.0 Å². The van der Waals surface area contributed by atoms with Crippen molar-refractivity contribution in [3.05, 3.63) is 54.2 Å². The Balaban J connectivity index is 1.20. The number of aliphatic imine (C=N–C) groups is 1. The molecular weight excluding hydrogens is 504 g/mol. The van der Waals surface area contributed by atoms with Crippen LogP contribution >= 0.6 is 0 Å². The number of H-pyrrole nitrogens is 1. The fraction of sp³-hybridized carbons (Fsp3) is 0.484. The van der Waals surface area contributed by atoms with Gasteiger partial charge in [-0.1, -0.05) is 30.3 Å². The highest BCUT2D eigenvalue weighted by atomic mass is 16.5. The quantitative estimate of drug-likeness (QED) is 0.474. The first-order valence-corrected chi connectivity index (χ1v) is 14.5. The van der Waals surface area contributed by atoms with E-state index in [4.69, 9.17) is 9.73 Å². The second-order valence-corrected chi connectivity index (χ2v) is 11.8. The lowest BCUT2D eigenvalue weighted by Gasteiger charge is -2.42. The second kappa shape index (κ2) is 10.1. The minimum atomic E-state index is -0.728. The molecular formula is C31H36N6O3. The van der Waals surface area contributed by atoms with Crippen molar-refractivity contribution in [1.82, 2.24) is 24.9 Å². The van der Waals surface area contributed by atoms with E-state index in [-0.39, 0.29) is 23.7 Å². The Bertz CT molecular complexity index is 1460. The van der Waals surface area contributed by atoms with Crippen LogP contribution in [0, 0.1) is 11.8 Å². The molecule has 9 nitrogen and oxygen atoms in total. The van der Waals surface area contributed by atoms with Crippen molar-refractivity contribution in [2.45, 2.75) is 31.2 Å². The number of aromatic nitrogens is 2. The number of fused-ring (bicyclic) bond motifs is 1. The van der Waals surface area contributed by atoms with E-state index in [2.05, 4.69) is 39.4 Å². The van der Waals surface area contributed by atoms with Gasteiger partial charge in [0.15, 0.2) is 0 Å². The van der Waals surface area contributed by atoms with Crippen molar-refractivity contribution < 1.29 is 14.3 Å². The number of carbonyl (C=O) groups is 2. The zero-order valence-corrected chi connectivity index (χ0v) is 23.0. The lowest BCUT2D eigenvalue weighted by atomic mass is 9.87. The summed E-state index contributed by atoms with van der Waals surface area (Å²) < 4.78 is 5.28. The van der Waals surface area contributed by atoms with Crippen LogP contribution in [0.15, 0.2) is 53.7 Å². The number of methoxy groups -OCH3 is 1. The van der Waals surface area contributed by atoms with Crippen molar-refractivity contribution in [3.8, 4) is 11.1 Å². The van der Waals surface area contributed by atoms with Gasteiger partial charge in [-0.15, -0.1) is 0 Å². The van der Waals surface area contributed by atoms with Gasteiger partial charge in [0.25, 0.3) is 5.91 Å². The molecule has 2 saturated heterocycles. The van der Waals surface area contributed by atoms with Gasteiger partial charge in [-0.05, 0) is 48.9 Å². The zero-order valence-electron chi connectivity index (χ0n) is 23.0. The molecule has 3 aromatic rings. The molecule has 208 valence electrons. The van der Waals surface area contributed by atoms with E-state index < -0.39 is 5.54 Å². The Morgan fingerprint density at radius 3 is 2.62 bits per heavy atom. The minimum absolute atomic E-state index is 0.112. The Morgan fingerprint density at radius 1 is 1.10 bits per heavy atom. The number of aromatic amines is 1. The van der Waals surface area contributed by atoms with Gasteiger partial charge in [-0.3, -0.25) is 24.6 Å². The first-order valence-electron chi connectivity index (χ1n) is 14.5. The molecule has 0 radical (unpaired) electrons. The van der Waals surface area contributed by atoms with Gasteiger partial charge in [0.05, 0.1) is 18.3 Å². The molecule has 40 heavy (non-hydrogen) atoms. The number of piperidine rings is 1. The first kappa shape index (κ1) is 25.4. The SMILES string of the molecule is COCCN1CCC2(CC1)N=C(c1ccccc1-c1ccc3[nH]ncc3c1)N(CC1CN(C(=O)C3CC3)C1)C2=O. The Morgan fingerprint density at radius 2 is 1.88 bits per heavy atom. The Labute approximate surface area is 234 Å². The standard InChI is InChI=1S/C31H36N6O3/c1-40-15-14-35-12-10-31(11-13-35)30(39)37(20-21-18-36(19-21)29(38)22-6-7-22)28(33-31)26-5-3-2-4-25(26)23-8-9-27-24(16-23)17-32-34-27/h2-5,8-9,16-17,21-22H,6-7,10-15,18-20H2,1H3,(H,32,34). The number of benzene rings is 2. The van der Waals surface area contributed by atoms with Gasteiger partial charge in [-0.25, -0.2) is 0 Å². The van der Waals surface area contributed by atoms with Crippen LogP contribution in [0.1, 0.15) is 31.2 Å². The van der Waals surface area contributed by atoms with Crippen LogP contribution < -0.4 is 0 Å². The summed E-state index contributed by atoms with van der Waals surface area (Å²) >= 11 is 0. The summed E-state index contributed by atoms with van der Waals surface area (Å²) in [6.45, 7) is 5.25. The molecule has 1 spiro atoms. The van der Waals surface area contributed by atoms with Crippen LogP contribution in [0.4, 0.5) is 0 Å². The number of hydrogen-bond acceptors (Lipinski definition) is 6.